The molecule has 0 aliphatic heterocycles. The molecular weight excluding hydrogens is 418 g/mol. The number of halogens is 6. The van der Waals surface area contributed by atoms with Gasteiger partial charge < -0.3 is 9.47 Å². The third kappa shape index (κ3) is 8.62. The maximum atomic E-state index is 13.2. The number of carbonyl (C=O) groups is 2. The molecule has 170 valence electrons. The van der Waals surface area contributed by atoms with Crippen LogP contribution in [0.15, 0.2) is 24.3 Å². The minimum atomic E-state index is -5.78. The minimum absolute atomic E-state index is 0.101. The molecule has 1 unspecified atom stereocenters. The van der Waals surface area contributed by atoms with Crippen molar-refractivity contribution >= 4 is 11.9 Å². The summed E-state index contributed by atoms with van der Waals surface area (Å²) in [5.74, 6) is -6.94. The lowest BCUT2D eigenvalue weighted by molar-refractivity contribution is -0.251. The molecule has 0 aliphatic carbocycles. The van der Waals surface area contributed by atoms with Crippen molar-refractivity contribution in [2.45, 2.75) is 63.7 Å². The summed E-state index contributed by atoms with van der Waals surface area (Å²) in [4.78, 5) is 23.6. The first-order valence-corrected chi connectivity index (χ1v) is 9.52. The van der Waals surface area contributed by atoms with Gasteiger partial charge in [-0.25, -0.2) is 14.0 Å². The Kier molecular flexibility index (Phi) is 10.1. The number of hydrogen-bond acceptors (Lipinski definition) is 4. The van der Waals surface area contributed by atoms with Crippen molar-refractivity contribution in [3.05, 3.63) is 35.4 Å². The summed E-state index contributed by atoms with van der Waals surface area (Å²) in [6.45, 7) is 0.261. The lowest BCUT2D eigenvalue weighted by Crippen LogP contribution is -2.45. The van der Waals surface area contributed by atoms with Gasteiger partial charge in [-0.2, -0.15) is 22.0 Å². The summed E-state index contributed by atoms with van der Waals surface area (Å²) in [6.07, 6.45) is -4.15. The van der Waals surface area contributed by atoms with Gasteiger partial charge in [-0.15, -0.1) is 0 Å². The first kappa shape index (κ1) is 25.8. The Balaban J connectivity index is 2.47. The molecule has 10 heteroatoms. The number of esters is 2. The van der Waals surface area contributed by atoms with Crippen molar-refractivity contribution in [2.24, 2.45) is 0 Å². The molecule has 0 aliphatic rings. The molecule has 1 atom stereocenters. The van der Waals surface area contributed by atoms with E-state index in [2.05, 4.69) is 11.7 Å². The highest BCUT2D eigenvalue weighted by Gasteiger charge is 2.57. The zero-order valence-corrected chi connectivity index (χ0v) is 16.4. The van der Waals surface area contributed by atoms with E-state index in [1.807, 2.05) is 0 Å². The molecule has 0 radical (unpaired) electrons. The molecule has 0 saturated carbocycles. The summed E-state index contributed by atoms with van der Waals surface area (Å²) in [5.41, 5.74) is -0.190. The van der Waals surface area contributed by atoms with Crippen molar-refractivity contribution < 1.29 is 45.4 Å². The van der Waals surface area contributed by atoms with Gasteiger partial charge in [0, 0.05) is 0 Å². The number of hydrogen-bond donors (Lipinski definition) is 0. The van der Waals surface area contributed by atoms with E-state index in [4.69, 9.17) is 4.74 Å². The van der Waals surface area contributed by atoms with E-state index in [-0.39, 0.29) is 17.7 Å². The highest BCUT2D eigenvalue weighted by Crippen LogP contribution is 2.35. The van der Waals surface area contributed by atoms with Gasteiger partial charge in [0.15, 0.2) is 6.61 Å². The van der Waals surface area contributed by atoms with Gasteiger partial charge >= 0.3 is 24.0 Å². The quantitative estimate of drug-likeness (QED) is 0.230. The van der Waals surface area contributed by atoms with Crippen LogP contribution in [-0.4, -0.2) is 43.4 Å². The molecule has 0 fully saturated rings. The maximum Gasteiger partial charge on any atom is 0.425 e. The smallest absolute Gasteiger partial charge is 0.425 e. The zero-order chi connectivity index (χ0) is 22.8. The maximum absolute atomic E-state index is 13.2. The molecule has 1 aromatic carbocycles. The van der Waals surface area contributed by atoms with Gasteiger partial charge in [-0.3, -0.25) is 0 Å². The predicted octanol–water partition coefficient (Wildman–Crippen LogP) is 5.90. The first-order chi connectivity index (χ1) is 14.0. The third-order valence-corrected chi connectivity index (χ3v) is 4.14. The second-order valence-electron chi connectivity index (χ2n) is 6.72. The average molecular weight is 442 g/mol. The van der Waals surface area contributed by atoms with Crippen LogP contribution >= 0.6 is 0 Å². The van der Waals surface area contributed by atoms with Gasteiger partial charge in [0.05, 0.1) is 17.7 Å². The van der Waals surface area contributed by atoms with Gasteiger partial charge in [0.2, 0.25) is 0 Å². The van der Waals surface area contributed by atoms with E-state index < -0.39 is 36.8 Å². The normalized spacial score (nSPS) is 13.0. The fourth-order valence-electron chi connectivity index (χ4n) is 2.43. The highest BCUT2D eigenvalue weighted by molar-refractivity contribution is 5.93. The number of rotatable bonds is 12. The molecule has 0 N–H and O–H groups in total. The molecule has 0 spiro atoms. The summed E-state index contributed by atoms with van der Waals surface area (Å²) in [7, 11) is 0. The molecule has 1 rings (SSSR count). The molecule has 0 bridgehead atoms. The van der Waals surface area contributed by atoms with Crippen LogP contribution in [-0.2, 0) is 9.47 Å². The van der Waals surface area contributed by atoms with E-state index in [1.165, 1.54) is 12.1 Å². The van der Waals surface area contributed by atoms with Crippen LogP contribution in [0.1, 0.15) is 66.2 Å². The molecule has 0 heterocycles. The molecule has 1 aromatic rings. The Labute approximate surface area is 170 Å². The third-order valence-electron chi connectivity index (χ3n) is 4.14. The fraction of sp³-hybridized carbons (Fsp3) is 0.600. The number of alkyl halides is 6. The van der Waals surface area contributed by atoms with Gasteiger partial charge in [-0.1, -0.05) is 39.0 Å². The van der Waals surface area contributed by atoms with Crippen LogP contribution in [0.5, 0.6) is 0 Å². The Morgan fingerprint density at radius 1 is 0.833 bits per heavy atom. The van der Waals surface area contributed by atoms with E-state index >= 15 is 0 Å². The summed E-state index contributed by atoms with van der Waals surface area (Å²) >= 11 is 0. The van der Waals surface area contributed by atoms with E-state index in [0.29, 0.717) is 6.42 Å². The molecule has 0 amide bonds. The number of carbonyl (C=O) groups excluding carboxylic acids is 2. The number of benzene rings is 1. The largest absolute Gasteiger partial charge is 0.462 e. The Hall–Kier alpha value is -2.26. The predicted molar refractivity (Wildman–Crippen MR) is 96.3 cm³/mol. The van der Waals surface area contributed by atoms with Crippen LogP contribution in [0.4, 0.5) is 26.3 Å². The standard InChI is InChI=1S/C20H24F6O4/c1-2-3-4-5-6-7-12-29-16(27)14-8-10-15(11-9-14)17(28)30-13-19(22,23)18(21)20(24,25)26/h8-11,18H,2-7,12-13H2,1H3. The minimum Gasteiger partial charge on any atom is -0.462 e. The summed E-state index contributed by atoms with van der Waals surface area (Å²) in [5, 5.41) is 0. The average Bonchev–Trinajstić information content (AvgIpc) is 2.70. The lowest BCUT2D eigenvalue weighted by atomic mass is 10.1. The topological polar surface area (TPSA) is 52.6 Å². The van der Waals surface area contributed by atoms with Crippen molar-refractivity contribution in [1.82, 2.24) is 0 Å². The summed E-state index contributed by atoms with van der Waals surface area (Å²) in [6, 6.07) is 4.51. The second kappa shape index (κ2) is 11.8. The Morgan fingerprint density at radius 3 is 1.80 bits per heavy atom. The van der Waals surface area contributed by atoms with Crippen LogP contribution in [0.3, 0.4) is 0 Å². The number of ether oxygens (including phenoxy) is 2. The lowest BCUT2D eigenvalue weighted by Gasteiger charge is -2.22. The molecule has 4 nitrogen and oxygen atoms in total. The van der Waals surface area contributed by atoms with Crippen molar-refractivity contribution in [2.75, 3.05) is 13.2 Å². The monoisotopic (exact) mass is 442 g/mol. The van der Waals surface area contributed by atoms with Crippen molar-refractivity contribution in [3.63, 3.8) is 0 Å². The van der Waals surface area contributed by atoms with Crippen molar-refractivity contribution in [1.29, 1.82) is 0 Å². The van der Waals surface area contributed by atoms with Crippen molar-refractivity contribution in [3.8, 4) is 0 Å². The van der Waals surface area contributed by atoms with Gasteiger partial charge in [0.1, 0.15) is 0 Å². The van der Waals surface area contributed by atoms with Gasteiger partial charge in [0.25, 0.3) is 6.17 Å². The van der Waals surface area contributed by atoms with Crippen LogP contribution in [0.2, 0.25) is 0 Å². The first-order valence-electron chi connectivity index (χ1n) is 9.52. The van der Waals surface area contributed by atoms with Crippen LogP contribution in [0, 0.1) is 0 Å². The molecule has 0 aromatic heterocycles. The van der Waals surface area contributed by atoms with Crippen LogP contribution in [0.25, 0.3) is 0 Å². The Bertz CT molecular complexity index is 673. The van der Waals surface area contributed by atoms with E-state index in [1.54, 1.807) is 0 Å². The second-order valence-corrected chi connectivity index (χ2v) is 6.72. The molecular formula is C20H24F6O4. The fourth-order valence-corrected chi connectivity index (χ4v) is 2.43. The highest BCUT2D eigenvalue weighted by atomic mass is 19.4. The molecule has 0 saturated heterocycles. The van der Waals surface area contributed by atoms with E-state index in [9.17, 15) is 35.9 Å². The molecule has 30 heavy (non-hydrogen) atoms. The SMILES string of the molecule is CCCCCCCCOC(=O)c1ccc(C(=O)OCC(F)(F)C(F)C(F)(F)F)cc1. The zero-order valence-electron chi connectivity index (χ0n) is 16.4. The summed E-state index contributed by atoms with van der Waals surface area (Å²) < 4.78 is 84.4. The number of unbranched alkanes of at least 4 members (excludes halogenated alkanes) is 5. The van der Waals surface area contributed by atoms with Crippen LogP contribution < -0.4 is 0 Å². The Morgan fingerprint density at radius 2 is 1.30 bits per heavy atom. The van der Waals surface area contributed by atoms with E-state index in [0.717, 1.165) is 44.2 Å². The van der Waals surface area contributed by atoms with Gasteiger partial charge in [-0.05, 0) is 30.7 Å².